The summed E-state index contributed by atoms with van der Waals surface area (Å²) >= 11 is 6.71. The van der Waals surface area contributed by atoms with Crippen LogP contribution in [0.1, 0.15) is 22.8 Å². The van der Waals surface area contributed by atoms with Crippen LogP contribution in [0.4, 0.5) is 0 Å². The Morgan fingerprint density at radius 1 is 1.15 bits per heavy atom. The normalized spacial score (nSPS) is 28.2. The summed E-state index contributed by atoms with van der Waals surface area (Å²) in [4.78, 5) is 18.5. The number of hydroxylamine groups is 2. The Balaban J connectivity index is 1.94. The van der Waals surface area contributed by atoms with Gasteiger partial charge in [-0.25, -0.2) is 0 Å². The molecule has 0 spiro atoms. The van der Waals surface area contributed by atoms with Crippen LogP contribution >= 0.6 is 11.6 Å². The van der Waals surface area contributed by atoms with Crippen molar-refractivity contribution in [1.82, 2.24) is 15.7 Å². The fraction of sp³-hybridized carbons (Fsp3) is 0.381. The molecule has 5 nitrogen and oxygen atoms in total. The van der Waals surface area contributed by atoms with Gasteiger partial charge in [-0.3, -0.25) is 4.79 Å². The summed E-state index contributed by atoms with van der Waals surface area (Å²) in [5, 5.41) is 8.24. The van der Waals surface area contributed by atoms with Gasteiger partial charge >= 0.3 is 0 Å². The maximum Gasteiger partial charge on any atom is 0.251 e. The molecule has 2 N–H and O–H groups in total. The van der Waals surface area contributed by atoms with Crippen LogP contribution in [0.25, 0.3) is 0 Å². The summed E-state index contributed by atoms with van der Waals surface area (Å²) < 4.78 is 0. The lowest BCUT2D eigenvalue weighted by atomic mass is 9.85. The first-order chi connectivity index (χ1) is 13.0. The second-order valence-electron chi connectivity index (χ2n) is 7.03. The van der Waals surface area contributed by atoms with E-state index in [1.807, 2.05) is 43.4 Å². The topological polar surface area (TPSA) is 53.6 Å². The predicted molar refractivity (Wildman–Crippen MR) is 108 cm³/mol. The van der Waals surface area contributed by atoms with Crippen LogP contribution in [0, 0.1) is 0 Å². The molecule has 27 heavy (non-hydrogen) atoms. The number of nitrogens with zero attached hydrogens (tertiary/aromatic N) is 1. The maximum atomic E-state index is 12.9. The maximum absolute atomic E-state index is 12.9. The van der Waals surface area contributed by atoms with Gasteiger partial charge in [-0.1, -0.05) is 48.5 Å². The van der Waals surface area contributed by atoms with Gasteiger partial charge in [0.2, 0.25) is 0 Å². The number of alkyl halides is 1. The van der Waals surface area contributed by atoms with Gasteiger partial charge in [0.25, 0.3) is 5.91 Å². The molecule has 0 bridgehead atoms. The molecule has 1 heterocycles. The number of nitrogens with one attached hydrogen (secondary N) is 2. The second kappa shape index (κ2) is 8.40. The summed E-state index contributed by atoms with van der Waals surface area (Å²) in [6, 6.07) is 18.9. The number of likely N-dealkylation sites (N-methyl/N-ethyl adjacent to an activating group) is 1. The van der Waals surface area contributed by atoms with Crippen molar-refractivity contribution in [1.29, 1.82) is 0 Å². The smallest absolute Gasteiger partial charge is 0.251 e. The SMILES string of the molecule is CNC1C(Cl)N(OC)C(C)(Cc2ccccc2)C1NC(=O)c1ccccc1. The van der Waals surface area contributed by atoms with E-state index >= 15 is 0 Å². The highest BCUT2D eigenvalue weighted by atomic mass is 35.5. The molecule has 2 aromatic rings. The van der Waals surface area contributed by atoms with Crippen LogP contribution < -0.4 is 10.6 Å². The summed E-state index contributed by atoms with van der Waals surface area (Å²) in [5.41, 5.74) is 0.827. The molecule has 6 heteroatoms. The Kier molecular flexibility index (Phi) is 6.17. The van der Waals surface area contributed by atoms with E-state index in [2.05, 4.69) is 29.7 Å². The molecule has 144 valence electrons. The molecular formula is C21H26ClN3O2. The minimum atomic E-state index is -0.527. The number of carbonyl (C=O) groups excluding carboxylic acids is 1. The molecule has 1 amide bonds. The van der Waals surface area contributed by atoms with Crippen molar-refractivity contribution in [2.24, 2.45) is 0 Å². The van der Waals surface area contributed by atoms with Crippen molar-refractivity contribution in [2.45, 2.75) is 36.5 Å². The van der Waals surface area contributed by atoms with Crippen LogP contribution in [-0.4, -0.2) is 48.3 Å². The quantitative estimate of drug-likeness (QED) is 0.591. The Hall–Kier alpha value is -1.92. The lowest BCUT2D eigenvalue weighted by Crippen LogP contribution is -2.59. The third-order valence-corrected chi connectivity index (χ3v) is 5.76. The highest BCUT2D eigenvalue weighted by Crippen LogP contribution is 2.39. The highest BCUT2D eigenvalue weighted by molar-refractivity contribution is 6.21. The lowest BCUT2D eigenvalue weighted by molar-refractivity contribution is -0.187. The Labute approximate surface area is 165 Å². The molecule has 2 aromatic carbocycles. The molecule has 0 aliphatic carbocycles. The van der Waals surface area contributed by atoms with Crippen molar-refractivity contribution in [2.75, 3.05) is 14.2 Å². The number of benzene rings is 2. The van der Waals surface area contributed by atoms with Gasteiger partial charge in [0, 0.05) is 5.56 Å². The zero-order chi connectivity index (χ0) is 19.4. The van der Waals surface area contributed by atoms with E-state index < -0.39 is 11.0 Å². The molecule has 1 saturated heterocycles. The molecule has 1 fully saturated rings. The van der Waals surface area contributed by atoms with Crippen LogP contribution in [0.5, 0.6) is 0 Å². The molecule has 0 radical (unpaired) electrons. The number of hydrogen-bond donors (Lipinski definition) is 2. The van der Waals surface area contributed by atoms with Gasteiger partial charge in [-0.2, -0.15) is 5.06 Å². The van der Waals surface area contributed by atoms with Gasteiger partial charge < -0.3 is 15.5 Å². The van der Waals surface area contributed by atoms with Gasteiger partial charge in [0.15, 0.2) is 0 Å². The van der Waals surface area contributed by atoms with E-state index in [-0.39, 0.29) is 18.0 Å². The minimum absolute atomic E-state index is 0.123. The van der Waals surface area contributed by atoms with Crippen molar-refractivity contribution < 1.29 is 9.63 Å². The van der Waals surface area contributed by atoms with E-state index in [1.54, 1.807) is 24.3 Å². The van der Waals surface area contributed by atoms with E-state index in [1.165, 1.54) is 0 Å². The van der Waals surface area contributed by atoms with Crippen LogP contribution in [0.15, 0.2) is 60.7 Å². The molecule has 0 aromatic heterocycles. The number of amides is 1. The molecule has 3 rings (SSSR count). The number of hydrogen-bond acceptors (Lipinski definition) is 4. The van der Waals surface area contributed by atoms with Gasteiger partial charge in [0.05, 0.1) is 24.7 Å². The van der Waals surface area contributed by atoms with E-state index in [0.29, 0.717) is 12.0 Å². The summed E-state index contributed by atoms with van der Waals surface area (Å²) in [6.07, 6.45) is 0.683. The van der Waals surface area contributed by atoms with Gasteiger partial charge in [0.1, 0.15) is 5.50 Å². The molecule has 1 aliphatic heterocycles. The molecule has 4 atom stereocenters. The first kappa shape index (κ1) is 19.8. The average molecular weight is 388 g/mol. The molecular weight excluding hydrogens is 362 g/mol. The van der Waals surface area contributed by atoms with Crippen molar-refractivity contribution in [3.05, 3.63) is 71.8 Å². The predicted octanol–water partition coefficient (Wildman–Crippen LogP) is 2.82. The monoisotopic (exact) mass is 387 g/mol. The minimum Gasteiger partial charge on any atom is -0.346 e. The van der Waals surface area contributed by atoms with E-state index in [4.69, 9.17) is 16.4 Å². The summed E-state index contributed by atoms with van der Waals surface area (Å²) in [5.74, 6) is -0.123. The van der Waals surface area contributed by atoms with Crippen LogP contribution in [-0.2, 0) is 11.3 Å². The number of halogens is 1. The van der Waals surface area contributed by atoms with Crippen molar-refractivity contribution in [3.8, 4) is 0 Å². The Morgan fingerprint density at radius 3 is 2.30 bits per heavy atom. The van der Waals surface area contributed by atoms with Gasteiger partial charge in [-0.05, 0) is 38.1 Å². The van der Waals surface area contributed by atoms with Crippen molar-refractivity contribution >= 4 is 17.5 Å². The second-order valence-corrected chi connectivity index (χ2v) is 7.48. The number of carbonyl (C=O) groups is 1. The first-order valence-corrected chi connectivity index (χ1v) is 9.49. The van der Waals surface area contributed by atoms with E-state index in [9.17, 15) is 4.79 Å². The average Bonchev–Trinajstić information content (AvgIpc) is 2.88. The zero-order valence-corrected chi connectivity index (χ0v) is 16.6. The lowest BCUT2D eigenvalue weighted by Gasteiger charge is -2.38. The third-order valence-electron chi connectivity index (χ3n) is 5.31. The first-order valence-electron chi connectivity index (χ1n) is 9.06. The molecule has 0 saturated carbocycles. The van der Waals surface area contributed by atoms with Crippen molar-refractivity contribution in [3.63, 3.8) is 0 Å². The molecule has 1 aliphatic rings. The summed E-state index contributed by atoms with van der Waals surface area (Å²) in [7, 11) is 3.47. The third kappa shape index (κ3) is 3.87. The number of rotatable bonds is 6. The zero-order valence-electron chi connectivity index (χ0n) is 15.9. The van der Waals surface area contributed by atoms with Crippen LogP contribution in [0.2, 0.25) is 0 Å². The fourth-order valence-corrected chi connectivity index (χ4v) is 4.55. The standard InChI is InChI=1S/C21H26ClN3O2/c1-21(14-15-10-6-4-7-11-15)18(17(23-2)19(22)25(21)27-3)24-20(26)16-12-8-5-9-13-16/h4-13,17-19,23H,14H2,1-3H3,(H,24,26). The van der Waals surface area contributed by atoms with Gasteiger partial charge in [-0.15, -0.1) is 11.6 Å². The fourth-order valence-electron chi connectivity index (χ4n) is 3.98. The van der Waals surface area contributed by atoms with Crippen LogP contribution in [0.3, 0.4) is 0 Å². The Morgan fingerprint density at radius 2 is 1.74 bits per heavy atom. The highest BCUT2D eigenvalue weighted by Gasteiger charge is 2.57. The Bertz CT molecular complexity index is 759. The molecule has 4 unspecified atom stereocenters. The largest absolute Gasteiger partial charge is 0.346 e. The van der Waals surface area contributed by atoms with E-state index in [0.717, 1.165) is 5.56 Å². The summed E-state index contributed by atoms with van der Waals surface area (Å²) in [6.45, 7) is 2.08.